The first kappa shape index (κ1) is 19.5. The van der Waals surface area contributed by atoms with Crippen molar-refractivity contribution < 1.29 is 9.90 Å². The number of likely N-dealkylation sites (N-methyl/N-ethyl adjacent to an activating group) is 1. The maximum Gasteiger partial charge on any atom is 0.196 e. The summed E-state index contributed by atoms with van der Waals surface area (Å²) in [4.78, 5) is 19.7. The maximum absolute atomic E-state index is 13.4. The second-order valence-electron chi connectivity index (χ2n) is 7.41. The standard InChI is InChI=1S/C21H26N6O2/c1-26(2)10-11-27-17-4-3-16(24-8-7-22-9-12-28)18-19(17)20(25-27)15-13-23-6-5-14(15)21(18)29/h3-6,13,22,24,28H,7-12H2,1-2H3. The molecule has 1 aromatic carbocycles. The van der Waals surface area contributed by atoms with Crippen molar-refractivity contribution in [1.82, 2.24) is 25.0 Å². The Morgan fingerprint density at radius 3 is 2.79 bits per heavy atom. The van der Waals surface area contributed by atoms with Crippen molar-refractivity contribution in [3.63, 3.8) is 0 Å². The number of anilines is 1. The summed E-state index contributed by atoms with van der Waals surface area (Å²) in [5.41, 5.74) is 4.69. The normalized spacial score (nSPS) is 12.6. The monoisotopic (exact) mass is 394 g/mol. The highest BCUT2D eigenvalue weighted by Crippen LogP contribution is 2.41. The SMILES string of the molecule is CN(C)CCn1nc2c3c(c(NCCNCCO)ccc31)C(=O)c1ccncc1-2. The third-order valence-electron chi connectivity index (χ3n) is 5.13. The molecule has 3 N–H and O–H groups in total. The van der Waals surface area contributed by atoms with Gasteiger partial charge in [0.25, 0.3) is 0 Å². The number of carbonyl (C=O) groups excluding carboxylic acids is 1. The van der Waals surface area contributed by atoms with Gasteiger partial charge < -0.3 is 20.6 Å². The molecule has 1 aliphatic rings. The van der Waals surface area contributed by atoms with Crippen LogP contribution >= 0.6 is 0 Å². The lowest BCUT2D eigenvalue weighted by molar-refractivity contribution is 0.104. The number of aromatic nitrogens is 3. The molecule has 0 atom stereocenters. The van der Waals surface area contributed by atoms with Crippen LogP contribution in [0.15, 0.2) is 30.6 Å². The van der Waals surface area contributed by atoms with E-state index in [2.05, 4.69) is 20.5 Å². The second-order valence-corrected chi connectivity index (χ2v) is 7.41. The fraction of sp³-hybridized carbons (Fsp3) is 0.381. The summed E-state index contributed by atoms with van der Waals surface area (Å²) in [6.45, 7) is 3.60. The third kappa shape index (κ3) is 3.62. The third-order valence-corrected chi connectivity index (χ3v) is 5.13. The highest BCUT2D eigenvalue weighted by molar-refractivity contribution is 6.27. The van der Waals surface area contributed by atoms with E-state index >= 15 is 0 Å². The summed E-state index contributed by atoms with van der Waals surface area (Å²) < 4.78 is 1.98. The van der Waals surface area contributed by atoms with Gasteiger partial charge in [0.1, 0.15) is 5.69 Å². The van der Waals surface area contributed by atoms with E-state index in [4.69, 9.17) is 10.2 Å². The largest absolute Gasteiger partial charge is 0.395 e. The number of carbonyl (C=O) groups is 1. The second kappa shape index (κ2) is 8.28. The van der Waals surface area contributed by atoms with E-state index in [1.54, 1.807) is 18.5 Å². The summed E-state index contributed by atoms with van der Waals surface area (Å²) in [7, 11) is 4.07. The number of fused-ring (bicyclic) bond motifs is 2. The van der Waals surface area contributed by atoms with E-state index in [1.165, 1.54) is 0 Å². The molecule has 29 heavy (non-hydrogen) atoms. The molecule has 2 aromatic heterocycles. The molecule has 152 valence electrons. The van der Waals surface area contributed by atoms with Crippen LogP contribution in [-0.2, 0) is 6.54 Å². The molecule has 0 fully saturated rings. The van der Waals surface area contributed by atoms with Crippen molar-refractivity contribution in [1.29, 1.82) is 0 Å². The predicted molar refractivity (Wildman–Crippen MR) is 113 cm³/mol. The molecule has 0 spiro atoms. The molecule has 0 saturated heterocycles. The molecule has 0 amide bonds. The lowest BCUT2D eigenvalue weighted by Gasteiger charge is -2.18. The van der Waals surface area contributed by atoms with E-state index in [1.807, 2.05) is 30.9 Å². The van der Waals surface area contributed by atoms with Crippen LogP contribution in [0.25, 0.3) is 22.2 Å². The summed E-state index contributed by atoms with van der Waals surface area (Å²) in [6, 6.07) is 5.76. The Kier molecular flexibility index (Phi) is 5.57. The average Bonchev–Trinajstić information content (AvgIpc) is 3.10. The smallest absolute Gasteiger partial charge is 0.196 e. The Morgan fingerprint density at radius 2 is 2.00 bits per heavy atom. The first-order chi connectivity index (χ1) is 14.1. The minimum atomic E-state index is -0.00141. The molecule has 0 bridgehead atoms. The Bertz CT molecular complexity index is 1040. The summed E-state index contributed by atoms with van der Waals surface area (Å²) in [5.74, 6) is -0.00141. The van der Waals surface area contributed by atoms with Crippen LogP contribution in [0.2, 0.25) is 0 Å². The average molecular weight is 394 g/mol. The van der Waals surface area contributed by atoms with E-state index in [0.29, 0.717) is 30.8 Å². The van der Waals surface area contributed by atoms with Gasteiger partial charge in [0.05, 0.1) is 24.2 Å². The molecule has 1 aliphatic carbocycles. The van der Waals surface area contributed by atoms with Gasteiger partial charge in [-0.3, -0.25) is 14.5 Å². The van der Waals surface area contributed by atoms with Crippen LogP contribution in [0.5, 0.6) is 0 Å². The van der Waals surface area contributed by atoms with Gasteiger partial charge in [-0.05, 0) is 32.3 Å². The molecule has 4 rings (SSSR count). The Balaban J connectivity index is 1.78. The minimum absolute atomic E-state index is 0.00141. The van der Waals surface area contributed by atoms with Crippen molar-refractivity contribution in [2.75, 3.05) is 52.2 Å². The number of aliphatic hydroxyl groups excluding tert-OH is 1. The van der Waals surface area contributed by atoms with Crippen molar-refractivity contribution >= 4 is 22.4 Å². The number of nitrogens with one attached hydrogen (secondary N) is 2. The zero-order valence-electron chi connectivity index (χ0n) is 16.8. The molecule has 8 heteroatoms. The zero-order valence-corrected chi connectivity index (χ0v) is 16.8. The van der Waals surface area contributed by atoms with Gasteiger partial charge in [-0.2, -0.15) is 5.10 Å². The Labute approximate surface area is 169 Å². The van der Waals surface area contributed by atoms with E-state index < -0.39 is 0 Å². The Morgan fingerprint density at radius 1 is 1.14 bits per heavy atom. The number of ketones is 1. The fourth-order valence-electron chi connectivity index (χ4n) is 3.71. The van der Waals surface area contributed by atoms with Gasteiger partial charge in [0, 0.05) is 60.8 Å². The van der Waals surface area contributed by atoms with Crippen molar-refractivity contribution in [3.05, 3.63) is 41.7 Å². The van der Waals surface area contributed by atoms with Gasteiger partial charge in [-0.25, -0.2) is 0 Å². The topological polar surface area (TPSA) is 95.3 Å². The number of nitrogens with zero attached hydrogens (tertiary/aromatic N) is 4. The van der Waals surface area contributed by atoms with Gasteiger partial charge in [-0.1, -0.05) is 0 Å². The summed E-state index contributed by atoms with van der Waals surface area (Å²) in [5, 5.41) is 21.1. The molecule has 0 radical (unpaired) electrons. The van der Waals surface area contributed by atoms with Crippen LogP contribution in [0.3, 0.4) is 0 Å². The number of rotatable bonds is 9. The van der Waals surface area contributed by atoms with Crippen molar-refractivity contribution in [2.24, 2.45) is 0 Å². The molecule has 3 aromatic rings. The molecule has 0 unspecified atom stereocenters. The number of hydrogen-bond acceptors (Lipinski definition) is 7. The number of hydrogen-bond donors (Lipinski definition) is 3. The first-order valence-electron chi connectivity index (χ1n) is 9.84. The number of benzene rings is 1. The minimum Gasteiger partial charge on any atom is -0.395 e. The quantitative estimate of drug-likeness (QED) is 0.367. The summed E-state index contributed by atoms with van der Waals surface area (Å²) in [6.07, 6.45) is 3.38. The maximum atomic E-state index is 13.4. The van der Waals surface area contributed by atoms with Crippen LogP contribution in [0.1, 0.15) is 15.9 Å². The van der Waals surface area contributed by atoms with Gasteiger partial charge >= 0.3 is 0 Å². The Hall–Kier alpha value is -2.81. The summed E-state index contributed by atoms with van der Waals surface area (Å²) >= 11 is 0. The molecular weight excluding hydrogens is 368 g/mol. The fourth-order valence-corrected chi connectivity index (χ4v) is 3.71. The van der Waals surface area contributed by atoms with Crippen molar-refractivity contribution in [2.45, 2.75) is 6.54 Å². The lowest BCUT2D eigenvalue weighted by Crippen LogP contribution is -2.25. The van der Waals surface area contributed by atoms with Crippen LogP contribution in [0, 0.1) is 0 Å². The predicted octanol–water partition coefficient (Wildman–Crippen LogP) is 1.20. The van der Waals surface area contributed by atoms with Crippen LogP contribution < -0.4 is 10.6 Å². The molecule has 2 heterocycles. The number of pyridine rings is 1. The lowest BCUT2D eigenvalue weighted by atomic mass is 9.87. The van der Waals surface area contributed by atoms with Gasteiger partial charge in [0.15, 0.2) is 5.78 Å². The highest BCUT2D eigenvalue weighted by Gasteiger charge is 2.31. The van der Waals surface area contributed by atoms with E-state index in [9.17, 15) is 4.79 Å². The van der Waals surface area contributed by atoms with Crippen LogP contribution in [-0.4, -0.2) is 77.4 Å². The molecule has 0 saturated carbocycles. The molecular formula is C21H26N6O2. The highest BCUT2D eigenvalue weighted by atomic mass is 16.3. The molecule has 8 nitrogen and oxygen atoms in total. The van der Waals surface area contributed by atoms with E-state index in [0.717, 1.165) is 40.9 Å². The van der Waals surface area contributed by atoms with Gasteiger partial charge in [-0.15, -0.1) is 0 Å². The van der Waals surface area contributed by atoms with Crippen molar-refractivity contribution in [3.8, 4) is 11.3 Å². The molecule has 0 aliphatic heterocycles. The first-order valence-corrected chi connectivity index (χ1v) is 9.84. The van der Waals surface area contributed by atoms with Gasteiger partial charge in [0.2, 0.25) is 0 Å². The zero-order chi connectivity index (χ0) is 20.4. The van der Waals surface area contributed by atoms with Crippen LogP contribution in [0.4, 0.5) is 5.69 Å². The van der Waals surface area contributed by atoms with E-state index in [-0.39, 0.29) is 12.4 Å². The number of aliphatic hydroxyl groups is 1.